The summed E-state index contributed by atoms with van der Waals surface area (Å²) in [6, 6.07) is 10.9. The summed E-state index contributed by atoms with van der Waals surface area (Å²) in [5.74, 6) is 0.934. The van der Waals surface area contributed by atoms with Crippen molar-refractivity contribution in [3.63, 3.8) is 0 Å². The second-order valence-corrected chi connectivity index (χ2v) is 5.86. The molecule has 1 aliphatic rings. The molecular weight excluding hydrogens is 290 g/mol. The van der Waals surface area contributed by atoms with E-state index in [9.17, 15) is 0 Å². The van der Waals surface area contributed by atoms with E-state index < -0.39 is 0 Å². The zero-order valence-electron chi connectivity index (χ0n) is 13.7. The van der Waals surface area contributed by atoms with Gasteiger partial charge in [0.05, 0.1) is 7.11 Å². The Hall–Kier alpha value is -2.14. The third-order valence-electron chi connectivity index (χ3n) is 4.30. The molecule has 0 aliphatic carbocycles. The molecule has 1 aromatic carbocycles. The SMILES string of the molecule is COc1ncc(CN2CCC[C@H]2COc2ccccc2)c(C)n1. The van der Waals surface area contributed by atoms with Crippen molar-refractivity contribution in [2.75, 3.05) is 20.3 Å². The van der Waals surface area contributed by atoms with E-state index in [-0.39, 0.29) is 0 Å². The number of nitrogens with zero attached hydrogens (tertiary/aromatic N) is 3. The van der Waals surface area contributed by atoms with Crippen LogP contribution in [0.5, 0.6) is 11.8 Å². The van der Waals surface area contributed by atoms with Crippen molar-refractivity contribution in [3.8, 4) is 11.8 Å². The third kappa shape index (κ3) is 3.99. The van der Waals surface area contributed by atoms with E-state index in [1.165, 1.54) is 12.8 Å². The van der Waals surface area contributed by atoms with Gasteiger partial charge in [-0.15, -0.1) is 0 Å². The summed E-state index contributed by atoms with van der Waals surface area (Å²) in [7, 11) is 1.59. The highest BCUT2D eigenvalue weighted by atomic mass is 16.5. The fraction of sp³-hybridized carbons (Fsp3) is 0.444. The molecule has 5 heteroatoms. The van der Waals surface area contributed by atoms with Crippen LogP contribution in [0, 0.1) is 6.92 Å². The molecule has 0 saturated carbocycles. The fourth-order valence-electron chi connectivity index (χ4n) is 2.94. The molecule has 3 rings (SSSR count). The number of aromatic nitrogens is 2. The van der Waals surface area contributed by atoms with Crippen LogP contribution in [-0.4, -0.2) is 41.2 Å². The van der Waals surface area contributed by atoms with Crippen LogP contribution < -0.4 is 9.47 Å². The molecule has 2 heterocycles. The number of likely N-dealkylation sites (tertiary alicyclic amines) is 1. The number of para-hydroxylation sites is 1. The zero-order valence-corrected chi connectivity index (χ0v) is 13.7. The summed E-state index contributed by atoms with van der Waals surface area (Å²) in [6.07, 6.45) is 4.25. The van der Waals surface area contributed by atoms with Crippen molar-refractivity contribution in [1.29, 1.82) is 0 Å². The topological polar surface area (TPSA) is 47.5 Å². The second kappa shape index (κ2) is 7.42. The van der Waals surface area contributed by atoms with E-state index in [4.69, 9.17) is 9.47 Å². The molecule has 1 atom stereocenters. The lowest BCUT2D eigenvalue weighted by atomic mass is 10.2. The van der Waals surface area contributed by atoms with Crippen LogP contribution in [-0.2, 0) is 6.54 Å². The first-order valence-corrected chi connectivity index (χ1v) is 8.04. The average molecular weight is 313 g/mol. The van der Waals surface area contributed by atoms with Gasteiger partial charge in [-0.2, -0.15) is 0 Å². The number of hydrogen-bond donors (Lipinski definition) is 0. The lowest BCUT2D eigenvalue weighted by Gasteiger charge is -2.25. The van der Waals surface area contributed by atoms with E-state index >= 15 is 0 Å². The van der Waals surface area contributed by atoms with Gasteiger partial charge < -0.3 is 9.47 Å². The summed E-state index contributed by atoms with van der Waals surface area (Å²) >= 11 is 0. The molecule has 0 spiro atoms. The Bertz CT molecular complexity index is 633. The number of benzene rings is 1. The molecule has 0 bridgehead atoms. The maximum Gasteiger partial charge on any atom is 0.316 e. The summed E-state index contributed by atoms with van der Waals surface area (Å²) in [6.45, 7) is 4.68. The molecule has 1 aliphatic heterocycles. The van der Waals surface area contributed by atoms with Crippen LogP contribution >= 0.6 is 0 Å². The van der Waals surface area contributed by atoms with Crippen LogP contribution in [0.25, 0.3) is 0 Å². The van der Waals surface area contributed by atoms with Gasteiger partial charge in [0.15, 0.2) is 0 Å². The lowest BCUT2D eigenvalue weighted by Crippen LogP contribution is -2.34. The van der Waals surface area contributed by atoms with Crippen molar-refractivity contribution in [2.24, 2.45) is 0 Å². The Morgan fingerprint density at radius 2 is 2.09 bits per heavy atom. The molecule has 1 aromatic heterocycles. The van der Waals surface area contributed by atoms with Crippen LogP contribution in [0.4, 0.5) is 0 Å². The molecule has 2 aromatic rings. The highest BCUT2D eigenvalue weighted by Gasteiger charge is 2.25. The highest BCUT2D eigenvalue weighted by molar-refractivity contribution is 5.21. The van der Waals surface area contributed by atoms with Gasteiger partial charge in [-0.1, -0.05) is 18.2 Å². The van der Waals surface area contributed by atoms with Crippen LogP contribution in [0.1, 0.15) is 24.1 Å². The van der Waals surface area contributed by atoms with E-state index in [1.54, 1.807) is 7.11 Å². The maximum atomic E-state index is 5.93. The van der Waals surface area contributed by atoms with Gasteiger partial charge in [0, 0.05) is 30.0 Å². The number of hydrogen-bond acceptors (Lipinski definition) is 5. The number of rotatable bonds is 6. The quantitative estimate of drug-likeness (QED) is 0.820. The molecule has 23 heavy (non-hydrogen) atoms. The minimum atomic E-state index is 0.427. The van der Waals surface area contributed by atoms with Gasteiger partial charge >= 0.3 is 6.01 Å². The Labute approximate surface area is 137 Å². The van der Waals surface area contributed by atoms with Crippen molar-refractivity contribution in [3.05, 3.63) is 47.8 Å². The molecule has 1 saturated heterocycles. The van der Waals surface area contributed by atoms with Crippen molar-refractivity contribution >= 4 is 0 Å². The van der Waals surface area contributed by atoms with Crippen molar-refractivity contribution < 1.29 is 9.47 Å². The van der Waals surface area contributed by atoms with Crippen LogP contribution in [0.15, 0.2) is 36.5 Å². The van der Waals surface area contributed by atoms with Crippen molar-refractivity contribution in [2.45, 2.75) is 32.4 Å². The Kier molecular flexibility index (Phi) is 5.08. The molecule has 0 amide bonds. The summed E-state index contributed by atoms with van der Waals surface area (Å²) in [5, 5.41) is 0. The van der Waals surface area contributed by atoms with Crippen LogP contribution in [0.2, 0.25) is 0 Å². The van der Waals surface area contributed by atoms with Gasteiger partial charge in [-0.05, 0) is 38.4 Å². The number of ether oxygens (including phenoxy) is 2. The van der Waals surface area contributed by atoms with Gasteiger partial charge in [-0.25, -0.2) is 9.97 Å². The Morgan fingerprint density at radius 1 is 1.26 bits per heavy atom. The van der Waals surface area contributed by atoms with E-state index in [0.29, 0.717) is 12.1 Å². The first kappa shape index (κ1) is 15.7. The number of aryl methyl sites for hydroxylation is 1. The first-order valence-electron chi connectivity index (χ1n) is 8.04. The second-order valence-electron chi connectivity index (χ2n) is 5.86. The molecular formula is C18H23N3O2. The standard InChI is InChI=1S/C18H23N3O2/c1-14-15(11-19-18(20-14)22-2)12-21-10-6-7-16(21)13-23-17-8-4-3-5-9-17/h3-5,8-9,11,16H,6-7,10,12-13H2,1-2H3/t16-/m0/s1. The van der Waals surface area contributed by atoms with Gasteiger partial charge in [0.25, 0.3) is 0 Å². The highest BCUT2D eigenvalue weighted by Crippen LogP contribution is 2.22. The Morgan fingerprint density at radius 3 is 2.83 bits per heavy atom. The monoisotopic (exact) mass is 313 g/mol. The molecule has 0 radical (unpaired) electrons. The molecule has 0 N–H and O–H groups in total. The van der Waals surface area contributed by atoms with Gasteiger partial charge in [0.2, 0.25) is 0 Å². The minimum absolute atomic E-state index is 0.427. The molecule has 0 unspecified atom stereocenters. The Balaban J connectivity index is 1.60. The summed E-state index contributed by atoms with van der Waals surface area (Å²) in [5.41, 5.74) is 2.13. The van der Waals surface area contributed by atoms with E-state index in [1.807, 2.05) is 43.5 Å². The maximum absolute atomic E-state index is 5.93. The molecule has 1 fully saturated rings. The summed E-state index contributed by atoms with van der Waals surface area (Å²) < 4.78 is 11.0. The number of methoxy groups -OCH3 is 1. The van der Waals surface area contributed by atoms with Crippen molar-refractivity contribution in [1.82, 2.24) is 14.9 Å². The normalized spacial score (nSPS) is 18.1. The average Bonchev–Trinajstić information content (AvgIpc) is 3.03. The first-order chi connectivity index (χ1) is 11.3. The lowest BCUT2D eigenvalue weighted by molar-refractivity contribution is 0.166. The van der Waals surface area contributed by atoms with E-state index in [0.717, 1.165) is 36.7 Å². The van der Waals surface area contributed by atoms with Crippen LogP contribution in [0.3, 0.4) is 0 Å². The largest absolute Gasteiger partial charge is 0.492 e. The molecule has 5 nitrogen and oxygen atoms in total. The fourth-order valence-corrected chi connectivity index (χ4v) is 2.94. The van der Waals surface area contributed by atoms with E-state index in [2.05, 4.69) is 14.9 Å². The van der Waals surface area contributed by atoms with Gasteiger partial charge in [-0.3, -0.25) is 4.90 Å². The smallest absolute Gasteiger partial charge is 0.316 e. The third-order valence-corrected chi connectivity index (χ3v) is 4.30. The minimum Gasteiger partial charge on any atom is -0.492 e. The van der Waals surface area contributed by atoms with Gasteiger partial charge in [0.1, 0.15) is 12.4 Å². The summed E-state index contributed by atoms with van der Waals surface area (Å²) in [4.78, 5) is 11.0. The molecule has 122 valence electrons. The zero-order chi connectivity index (χ0) is 16.1. The predicted molar refractivity (Wildman–Crippen MR) is 88.7 cm³/mol. The predicted octanol–water partition coefficient (Wildman–Crippen LogP) is 2.84.